The molecule has 0 unspecified atom stereocenters. The molecule has 0 saturated heterocycles. The van der Waals surface area contributed by atoms with Crippen LogP contribution in [0, 0.1) is 0 Å². The highest BCUT2D eigenvalue weighted by Crippen LogP contribution is 2.25. The fourth-order valence-corrected chi connectivity index (χ4v) is 1.64. The Labute approximate surface area is 107 Å². The van der Waals surface area contributed by atoms with Gasteiger partial charge in [0.25, 0.3) is 5.91 Å². The molecule has 0 aliphatic carbocycles. The molecule has 1 rings (SSSR count). The lowest BCUT2D eigenvalue weighted by Crippen LogP contribution is -2.44. The van der Waals surface area contributed by atoms with Crippen molar-refractivity contribution in [2.75, 3.05) is 19.5 Å². The van der Waals surface area contributed by atoms with Crippen LogP contribution in [0.5, 0.6) is 5.75 Å². The van der Waals surface area contributed by atoms with Crippen LogP contribution in [0.4, 0.5) is 5.69 Å². The van der Waals surface area contributed by atoms with Crippen molar-refractivity contribution in [1.29, 1.82) is 0 Å². The number of nitrogen functional groups attached to an aromatic ring is 1. The van der Waals surface area contributed by atoms with Crippen LogP contribution in [0.15, 0.2) is 18.2 Å². The number of methoxy groups -OCH3 is 1. The average molecular weight is 252 g/mol. The number of hydrogen-bond donors (Lipinski definition) is 3. The first-order chi connectivity index (χ1) is 8.41. The molecule has 1 amide bonds. The molecule has 0 fully saturated rings. The molecule has 0 atom stereocenters. The number of hydrogen-bond acceptors (Lipinski definition) is 4. The lowest BCUT2D eigenvalue weighted by molar-refractivity contribution is 0.0900. The van der Waals surface area contributed by atoms with Gasteiger partial charge in [0.15, 0.2) is 0 Å². The Bertz CT molecular complexity index is 430. The van der Waals surface area contributed by atoms with E-state index in [0.29, 0.717) is 23.4 Å². The maximum absolute atomic E-state index is 12.1. The summed E-state index contributed by atoms with van der Waals surface area (Å²) in [6.45, 7) is 3.70. The molecule has 5 nitrogen and oxygen atoms in total. The monoisotopic (exact) mass is 252 g/mol. The molecule has 1 aromatic carbocycles. The molecule has 0 heterocycles. The topological polar surface area (TPSA) is 84.6 Å². The maximum atomic E-state index is 12.1. The molecule has 0 aromatic heterocycles. The molecule has 0 aliphatic rings. The summed E-state index contributed by atoms with van der Waals surface area (Å²) in [5.41, 5.74) is 6.06. The van der Waals surface area contributed by atoms with Gasteiger partial charge >= 0.3 is 0 Å². The van der Waals surface area contributed by atoms with Gasteiger partial charge in [-0.15, -0.1) is 0 Å². The summed E-state index contributed by atoms with van der Waals surface area (Å²) < 4.78 is 5.07. The molecule has 0 aliphatic heterocycles. The van der Waals surface area contributed by atoms with Gasteiger partial charge in [0.1, 0.15) is 5.75 Å². The van der Waals surface area contributed by atoms with E-state index in [1.54, 1.807) is 18.2 Å². The maximum Gasteiger partial charge on any atom is 0.253 e. The van der Waals surface area contributed by atoms with Crippen molar-refractivity contribution >= 4 is 11.6 Å². The van der Waals surface area contributed by atoms with E-state index in [9.17, 15) is 4.79 Å². The zero-order chi connectivity index (χ0) is 13.8. The average Bonchev–Trinajstić information content (AvgIpc) is 2.28. The predicted molar refractivity (Wildman–Crippen MR) is 70.7 cm³/mol. The summed E-state index contributed by atoms with van der Waals surface area (Å²) in [5.74, 6) is 0.201. The third kappa shape index (κ3) is 3.37. The fraction of sp³-hybridized carbons (Fsp3) is 0.462. The van der Waals surface area contributed by atoms with Crippen molar-refractivity contribution in [2.45, 2.75) is 25.8 Å². The first kappa shape index (κ1) is 14.3. The second-order valence-corrected chi connectivity index (χ2v) is 4.73. The van der Waals surface area contributed by atoms with Gasteiger partial charge in [0, 0.05) is 12.1 Å². The minimum atomic E-state index is -0.485. The van der Waals surface area contributed by atoms with E-state index < -0.39 is 5.54 Å². The van der Waals surface area contributed by atoms with Crippen molar-refractivity contribution in [1.82, 2.24) is 5.32 Å². The second kappa shape index (κ2) is 5.73. The number of rotatable bonds is 5. The number of nitrogens with one attached hydrogen (secondary N) is 1. The zero-order valence-electron chi connectivity index (χ0n) is 11.0. The number of aliphatic hydroxyl groups excluding tert-OH is 1. The normalized spacial score (nSPS) is 11.1. The number of ether oxygens (including phenoxy) is 1. The highest BCUT2D eigenvalue weighted by molar-refractivity contribution is 6.00. The van der Waals surface area contributed by atoms with Gasteiger partial charge < -0.3 is 20.9 Å². The Balaban J connectivity index is 2.91. The van der Waals surface area contributed by atoms with E-state index >= 15 is 0 Å². The third-order valence-corrected chi connectivity index (χ3v) is 2.72. The Hall–Kier alpha value is -1.75. The molecule has 5 heteroatoms. The van der Waals surface area contributed by atoms with Gasteiger partial charge in [-0.05, 0) is 32.4 Å². The van der Waals surface area contributed by atoms with Crippen LogP contribution in [-0.4, -0.2) is 30.3 Å². The van der Waals surface area contributed by atoms with Gasteiger partial charge in [-0.3, -0.25) is 4.79 Å². The number of benzene rings is 1. The Kier molecular flexibility index (Phi) is 4.55. The lowest BCUT2D eigenvalue weighted by Gasteiger charge is -2.25. The quantitative estimate of drug-likeness (QED) is 0.687. The van der Waals surface area contributed by atoms with E-state index in [1.807, 2.05) is 13.8 Å². The summed E-state index contributed by atoms with van der Waals surface area (Å²) in [6, 6.07) is 5.05. The van der Waals surface area contributed by atoms with Crippen LogP contribution < -0.4 is 15.8 Å². The summed E-state index contributed by atoms with van der Waals surface area (Å²) in [7, 11) is 1.50. The van der Waals surface area contributed by atoms with Crippen LogP contribution >= 0.6 is 0 Å². The number of carbonyl (C=O) groups excluding carboxylic acids is 1. The Morgan fingerprint density at radius 3 is 2.72 bits per heavy atom. The van der Waals surface area contributed by atoms with Crippen LogP contribution in [0.25, 0.3) is 0 Å². The molecule has 0 saturated carbocycles. The van der Waals surface area contributed by atoms with E-state index in [0.717, 1.165) is 0 Å². The number of aliphatic hydroxyl groups is 1. The smallest absolute Gasteiger partial charge is 0.253 e. The van der Waals surface area contributed by atoms with E-state index in [-0.39, 0.29) is 12.5 Å². The first-order valence-corrected chi connectivity index (χ1v) is 5.77. The van der Waals surface area contributed by atoms with Crippen molar-refractivity contribution in [3.8, 4) is 5.75 Å². The highest BCUT2D eigenvalue weighted by Gasteiger charge is 2.22. The van der Waals surface area contributed by atoms with Gasteiger partial charge in [-0.1, -0.05) is 6.07 Å². The molecule has 1 aromatic rings. The first-order valence-electron chi connectivity index (χ1n) is 5.77. The SMILES string of the molecule is COc1cccc(C(=O)NC(C)(C)CCO)c1N. The number of amides is 1. The predicted octanol–water partition coefficient (Wildman–Crippen LogP) is 1.17. The van der Waals surface area contributed by atoms with E-state index in [2.05, 4.69) is 5.32 Å². The molecule has 0 bridgehead atoms. The Morgan fingerprint density at radius 2 is 2.17 bits per heavy atom. The molecular formula is C13H20N2O3. The Morgan fingerprint density at radius 1 is 1.50 bits per heavy atom. The van der Waals surface area contributed by atoms with E-state index in [4.69, 9.17) is 15.6 Å². The van der Waals surface area contributed by atoms with Gasteiger partial charge in [0.05, 0.1) is 18.4 Å². The minimum Gasteiger partial charge on any atom is -0.495 e. The number of carbonyl (C=O) groups is 1. The van der Waals surface area contributed by atoms with Crippen LogP contribution in [-0.2, 0) is 0 Å². The van der Waals surface area contributed by atoms with Crippen LogP contribution in [0.3, 0.4) is 0 Å². The van der Waals surface area contributed by atoms with Gasteiger partial charge in [0.2, 0.25) is 0 Å². The number of anilines is 1. The number of nitrogens with two attached hydrogens (primary N) is 1. The molecular weight excluding hydrogens is 232 g/mol. The molecule has 18 heavy (non-hydrogen) atoms. The van der Waals surface area contributed by atoms with Crippen LogP contribution in [0.1, 0.15) is 30.6 Å². The number of para-hydroxylation sites is 1. The summed E-state index contributed by atoms with van der Waals surface area (Å²) in [6.07, 6.45) is 0.475. The fourth-order valence-electron chi connectivity index (χ4n) is 1.64. The van der Waals surface area contributed by atoms with Crippen molar-refractivity contribution in [3.63, 3.8) is 0 Å². The zero-order valence-corrected chi connectivity index (χ0v) is 11.0. The van der Waals surface area contributed by atoms with Crippen molar-refractivity contribution in [2.24, 2.45) is 0 Å². The summed E-state index contributed by atoms with van der Waals surface area (Å²) in [4.78, 5) is 12.1. The molecule has 0 spiro atoms. The summed E-state index contributed by atoms with van der Waals surface area (Å²) in [5, 5.41) is 11.8. The van der Waals surface area contributed by atoms with Gasteiger partial charge in [-0.2, -0.15) is 0 Å². The summed E-state index contributed by atoms with van der Waals surface area (Å²) >= 11 is 0. The molecule has 0 radical (unpaired) electrons. The van der Waals surface area contributed by atoms with E-state index in [1.165, 1.54) is 7.11 Å². The van der Waals surface area contributed by atoms with Crippen LogP contribution in [0.2, 0.25) is 0 Å². The molecule has 4 N–H and O–H groups in total. The van der Waals surface area contributed by atoms with Crippen molar-refractivity contribution in [3.05, 3.63) is 23.8 Å². The minimum absolute atomic E-state index is 0.0148. The lowest BCUT2D eigenvalue weighted by atomic mass is 10.00. The third-order valence-electron chi connectivity index (χ3n) is 2.72. The molecule has 100 valence electrons. The van der Waals surface area contributed by atoms with Gasteiger partial charge in [-0.25, -0.2) is 0 Å². The van der Waals surface area contributed by atoms with Crippen molar-refractivity contribution < 1.29 is 14.6 Å². The largest absolute Gasteiger partial charge is 0.495 e. The second-order valence-electron chi connectivity index (χ2n) is 4.73. The highest BCUT2D eigenvalue weighted by atomic mass is 16.5. The standard InChI is InChI=1S/C13H20N2O3/c1-13(2,7-8-16)15-12(17)9-5-4-6-10(18-3)11(9)14/h4-6,16H,7-8,14H2,1-3H3,(H,15,17).